The Morgan fingerprint density at radius 1 is 1.33 bits per heavy atom. The van der Waals surface area contributed by atoms with Crippen LogP contribution in [0.5, 0.6) is 0 Å². The number of aryl methyl sites for hydroxylation is 1. The molecule has 0 saturated carbocycles. The third kappa shape index (κ3) is 3.63. The van der Waals surface area contributed by atoms with Crippen LogP contribution in [0.2, 0.25) is 0 Å². The molecule has 1 N–H and O–H groups in total. The number of aliphatic carboxylic acids is 1. The van der Waals surface area contributed by atoms with E-state index in [0.717, 1.165) is 12.0 Å². The number of likely N-dealkylation sites (tertiary alicyclic amines) is 1. The molecule has 1 aromatic carbocycles. The molecule has 2 rings (SSSR count). The second-order valence-electron chi connectivity index (χ2n) is 6.05. The minimum Gasteiger partial charge on any atom is -0.480 e. The highest BCUT2D eigenvalue weighted by molar-refractivity contribution is 5.86. The average molecular weight is 289 g/mol. The second-order valence-corrected chi connectivity index (χ2v) is 6.05. The highest BCUT2D eigenvalue weighted by Gasteiger charge is 2.39. The van der Waals surface area contributed by atoms with Crippen molar-refractivity contribution < 1.29 is 14.7 Å². The number of hydrogen-bond donors (Lipinski definition) is 1. The molecular weight excluding hydrogens is 266 g/mol. The first kappa shape index (κ1) is 15.5. The number of hydrogen-bond acceptors (Lipinski definition) is 2. The Morgan fingerprint density at radius 2 is 2.00 bits per heavy atom. The van der Waals surface area contributed by atoms with E-state index in [0.29, 0.717) is 19.4 Å². The van der Waals surface area contributed by atoms with E-state index >= 15 is 0 Å². The molecule has 0 spiro atoms. The van der Waals surface area contributed by atoms with Crippen LogP contribution in [-0.2, 0) is 16.0 Å². The molecule has 1 aliphatic rings. The van der Waals surface area contributed by atoms with Gasteiger partial charge in [0.25, 0.3) is 0 Å². The van der Waals surface area contributed by atoms with Crippen molar-refractivity contribution in [1.29, 1.82) is 0 Å². The van der Waals surface area contributed by atoms with E-state index in [1.165, 1.54) is 0 Å². The van der Waals surface area contributed by atoms with Crippen LogP contribution >= 0.6 is 0 Å². The summed E-state index contributed by atoms with van der Waals surface area (Å²) < 4.78 is 0. The van der Waals surface area contributed by atoms with Crippen molar-refractivity contribution in [3.63, 3.8) is 0 Å². The van der Waals surface area contributed by atoms with Gasteiger partial charge in [0.1, 0.15) is 6.04 Å². The molecule has 1 heterocycles. The summed E-state index contributed by atoms with van der Waals surface area (Å²) >= 11 is 0. The zero-order chi connectivity index (χ0) is 15.4. The molecule has 0 radical (unpaired) electrons. The lowest BCUT2D eigenvalue weighted by molar-refractivity contribution is -0.149. The van der Waals surface area contributed by atoms with E-state index < -0.39 is 12.0 Å². The fourth-order valence-corrected chi connectivity index (χ4v) is 3.01. The predicted molar refractivity (Wildman–Crippen MR) is 80.8 cm³/mol. The van der Waals surface area contributed by atoms with Gasteiger partial charge in [-0.25, -0.2) is 4.79 Å². The highest BCUT2D eigenvalue weighted by Crippen LogP contribution is 2.28. The molecule has 4 heteroatoms. The van der Waals surface area contributed by atoms with Gasteiger partial charge in [0, 0.05) is 12.5 Å². The van der Waals surface area contributed by atoms with Crippen LogP contribution in [-0.4, -0.2) is 34.5 Å². The Labute approximate surface area is 125 Å². The molecule has 1 saturated heterocycles. The SMILES string of the molecule is CC(C)[C@H]1CCN([C@@H](CCc2ccccc2)C(=O)O)C1=O. The van der Waals surface area contributed by atoms with Crippen molar-refractivity contribution >= 4 is 11.9 Å². The molecule has 1 aliphatic heterocycles. The largest absolute Gasteiger partial charge is 0.480 e. The van der Waals surface area contributed by atoms with Gasteiger partial charge >= 0.3 is 5.97 Å². The average Bonchev–Trinajstić information content (AvgIpc) is 2.82. The van der Waals surface area contributed by atoms with Gasteiger partial charge in [-0.3, -0.25) is 4.79 Å². The van der Waals surface area contributed by atoms with Crippen molar-refractivity contribution in [1.82, 2.24) is 4.90 Å². The molecule has 21 heavy (non-hydrogen) atoms. The molecule has 0 bridgehead atoms. The first-order valence-corrected chi connectivity index (χ1v) is 7.58. The lowest BCUT2D eigenvalue weighted by Crippen LogP contribution is -2.43. The maximum atomic E-state index is 12.4. The topological polar surface area (TPSA) is 57.6 Å². The van der Waals surface area contributed by atoms with Gasteiger partial charge in [-0.2, -0.15) is 0 Å². The Bertz CT molecular complexity index is 498. The number of nitrogens with zero attached hydrogens (tertiary/aromatic N) is 1. The second kappa shape index (κ2) is 6.74. The van der Waals surface area contributed by atoms with Crippen LogP contribution in [0.15, 0.2) is 30.3 Å². The zero-order valence-electron chi connectivity index (χ0n) is 12.7. The molecule has 1 fully saturated rings. The van der Waals surface area contributed by atoms with Gasteiger partial charge in [0.15, 0.2) is 0 Å². The molecular formula is C17H23NO3. The van der Waals surface area contributed by atoms with Crippen molar-refractivity contribution in [2.24, 2.45) is 11.8 Å². The van der Waals surface area contributed by atoms with E-state index in [1.807, 2.05) is 44.2 Å². The molecule has 114 valence electrons. The molecule has 0 aliphatic carbocycles. The summed E-state index contributed by atoms with van der Waals surface area (Å²) in [6, 6.07) is 9.10. The standard InChI is InChI=1S/C17H23NO3/c1-12(2)14-10-11-18(16(14)19)15(17(20)21)9-8-13-6-4-3-5-7-13/h3-7,12,14-15H,8-11H2,1-2H3,(H,20,21)/t14-,15+/m1/s1. The monoisotopic (exact) mass is 289 g/mol. The first-order valence-electron chi connectivity index (χ1n) is 7.58. The predicted octanol–water partition coefficient (Wildman–Crippen LogP) is 2.58. The number of benzene rings is 1. The van der Waals surface area contributed by atoms with Crippen LogP contribution in [0.4, 0.5) is 0 Å². The van der Waals surface area contributed by atoms with E-state index in [1.54, 1.807) is 4.90 Å². The fraction of sp³-hybridized carbons (Fsp3) is 0.529. The summed E-state index contributed by atoms with van der Waals surface area (Å²) in [6.07, 6.45) is 1.91. The van der Waals surface area contributed by atoms with Gasteiger partial charge in [0.2, 0.25) is 5.91 Å². The van der Waals surface area contributed by atoms with E-state index in [4.69, 9.17) is 0 Å². The summed E-state index contributed by atoms with van der Waals surface area (Å²) in [7, 11) is 0. The van der Waals surface area contributed by atoms with E-state index in [9.17, 15) is 14.7 Å². The van der Waals surface area contributed by atoms with E-state index in [2.05, 4.69) is 0 Å². The first-order chi connectivity index (χ1) is 10.0. The van der Waals surface area contributed by atoms with Gasteiger partial charge in [-0.05, 0) is 30.7 Å². The maximum Gasteiger partial charge on any atom is 0.326 e. The van der Waals surface area contributed by atoms with Gasteiger partial charge < -0.3 is 10.0 Å². The smallest absolute Gasteiger partial charge is 0.326 e. The number of carbonyl (C=O) groups excluding carboxylic acids is 1. The Kier molecular flexibility index (Phi) is 4.99. The lowest BCUT2D eigenvalue weighted by atomic mass is 9.94. The maximum absolute atomic E-state index is 12.4. The number of amides is 1. The molecule has 4 nitrogen and oxygen atoms in total. The van der Waals surface area contributed by atoms with Crippen molar-refractivity contribution in [2.75, 3.05) is 6.54 Å². The minimum absolute atomic E-state index is 0.00506. The fourth-order valence-electron chi connectivity index (χ4n) is 3.01. The Morgan fingerprint density at radius 3 is 2.52 bits per heavy atom. The highest BCUT2D eigenvalue weighted by atomic mass is 16.4. The van der Waals surface area contributed by atoms with Crippen molar-refractivity contribution in [3.05, 3.63) is 35.9 Å². The van der Waals surface area contributed by atoms with Crippen LogP contribution in [0.25, 0.3) is 0 Å². The quantitative estimate of drug-likeness (QED) is 0.875. The number of carbonyl (C=O) groups is 2. The van der Waals surface area contributed by atoms with Gasteiger partial charge in [-0.1, -0.05) is 44.2 Å². The summed E-state index contributed by atoms with van der Waals surface area (Å²) in [5.41, 5.74) is 1.11. The molecule has 0 unspecified atom stereocenters. The number of carboxylic acid groups (broad SMARTS) is 1. The molecule has 0 aromatic heterocycles. The third-order valence-corrected chi connectivity index (χ3v) is 4.30. The van der Waals surface area contributed by atoms with Crippen molar-refractivity contribution in [2.45, 2.75) is 39.2 Å². The summed E-state index contributed by atoms with van der Waals surface area (Å²) in [5.74, 6) is -0.649. The molecule has 2 atom stereocenters. The van der Waals surface area contributed by atoms with Gasteiger partial charge in [0.05, 0.1) is 0 Å². The van der Waals surface area contributed by atoms with E-state index in [-0.39, 0.29) is 17.7 Å². The third-order valence-electron chi connectivity index (χ3n) is 4.30. The minimum atomic E-state index is -0.899. The van der Waals surface area contributed by atoms with Gasteiger partial charge in [-0.15, -0.1) is 0 Å². The molecule has 1 amide bonds. The summed E-state index contributed by atoms with van der Waals surface area (Å²) in [5, 5.41) is 9.46. The van der Waals surface area contributed by atoms with Crippen LogP contribution in [0.3, 0.4) is 0 Å². The van der Waals surface area contributed by atoms with Crippen LogP contribution in [0, 0.1) is 11.8 Å². The van der Waals surface area contributed by atoms with Crippen LogP contribution in [0.1, 0.15) is 32.3 Å². The van der Waals surface area contributed by atoms with Crippen LogP contribution < -0.4 is 0 Å². The zero-order valence-corrected chi connectivity index (χ0v) is 12.7. The molecule has 1 aromatic rings. The number of carboxylic acids is 1. The normalized spacial score (nSPS) is 20.0. The summed E-state index contributed by atoms with van der Waals surface area (Å²) in [4.78, 5) is 25.5. The Hall–Kier alpha value is -1.84. The Balaban J connectivity index is 2.03. The summed E-state index contributed by atoms with van der Waals surface area (Å²) in [6.45, 7) is 4.60. The lowest BCUT2D eigenvalue weighted by Gasteiger charge is -2.25. The number of rotatable bonds is 6. The van der Waals surface area contributed by atoms with Crippen molar-refractivity contribution in [3.8, 4) is 0 Å².